The quantitative estimate of drug-likeness (QED) is 0.704. The summed E-state index contributed by atoms with van der Waals surface area (Å²) in [5.74, 6) is -3.37. The predicted octanol–water partition coefficient (Wildman–Crippen LogP) is 3.49. The van der Waals surface area contributed by atoms with Gasteiger partial charge in [-0.25, -0.2) is 13.2 Å². The lowest BCUT2D eigenvalue weighted by Crippen LogP contribution is -2.28. The molecule has 0 saturated carbocycles. The second kappa shape index (κ2) is 7.42. The monoisotopic (exact) mass is 400 g/mol. The summed E-state index contributed by atoms with van der Waals surface area (Å²) in [6.07, 6.45) is -0.0629. The fourth-order valence-electron chi connectivity index (χ4n) is 3.26. The number of H-pyrrole nitrogens is 1. The van der Waals surface area contributed by atoms with Gasteiger partial charge >= 0.3 is 0 Å². The number of aromatic nitrogens is 2. The van der Waals surface area contributed by atoms with Crippen molar-refractivity contribution < 1.29 is 22.8 Å². The van der Waals surface area contributed by atoms with Crippen LogP contribution in [0.5, 0.6) is 0 Å². The Morgan fingerprint density at radius 1 is 1.10 bits per heavy atom. The number of para-hydroxylation sites is 1. The second-order valence-electron chi connectivity index (χ2n) is 6.67. The van der Waals surface area contributed by atoms with Gasteiger partial charge in [-0.2, -0.15) is 5.10 Å². The fraction of sp³-hybridized carbons (Fsp3) is 0.150. The maximum Gasteiger partial charge on any atom is 0.231 e. The van der Waals surface area contributed by atoms with Crippen LogP contribution >= 0.6 is 0 Å². The van der Waals surface area contributed by atoms with Crippen LogP contribution < -0.4 is 10.2 Å². The van der Waals surface area contributed by atoms with Gasteiger partial charge in [0, 0.05) is 30.7 Å². The molecule has 1 saturated heterocycles. The summed E-state index contributed by atoms with van der Waals surface area (Å²) >= 11 is 0. The van der Waals surface area contributed by atoms with Crippen molar-refractivity contribution in [3.63, 3.8) is 0 Å². The molecule has 148 valence electrons. The Morgan fingerprint density at radius 2 is 1.83 bits per heavy atom. The summed E-state index contributed by atoms with van der Waals surface area (Å²) in [7, 11) is 0. The van der Waals surface area contributed by atoms with Gasteiger partial charge in [-0.05, 0) is 24.3 Å². The third-order valence-corrected chi connectivity index (χ3v) is 4.64. The van der Waals surface area contributed by atoms with Crippen molar-refractivity contribution in [2.75, 3.05) is 16.8 Å². The third kappa shape index (κ3) is 3.84. The first-order chi connectivity index (χ1) is 13.9. The lowest BCUT2D eigenvalue weighted by atomic mass is 10.1. The molecule has 0 bridgehead atoms. The van der Waals surface area contributed by atoms with Gasteiger partial charge in [-0.3, -0.25) is 14.7 Å². The van der Waals surface area contributed by atoms with Crippen molar-refractivity contribution in [1.29, 1.82) is 0 Å². The SMILES string of the molecule is O=C(Nc1cc(-c2cc(F)cc(F)c2)[nH]n1)C1CC(=O)N(c2ccccc2F)C1. The van der Waals surface area contributed by atoms with E-state index >= 15 is 0 Å². The summed E-state index contributed by atoms with van der Waals surface area (Å²) in [4.78, 5) is 26.0. The molecular weight excluding hydrogens is 385 g/mol. The van der Waals surface area contributed by atoms with Crippen molar-refractivity contribution in [3.05, 3.63) is 66.0 Å². The van der Waals surface area contributed by atoms with E-state index in [1.165, 1.54) is 29.2 Å². The minimum absolute atomic E-state index is 0.0397. The zero-order chi connectivity index (χ0) is 20.5. The highest BCUT2D eigenvalue weighted by molar-refractivity contribution is 6.03. The van der Waals surface area contributed by atoms with E-state index in [2.05, 4.69) is 15.5 Å². The maximum atomic E-state index is 13.9. The van der Waals surface area contributed by atoms with E-state index in [0.29, 0.717) is 5.69 Å². The highest BCUT2D eigenvalue weighted by atomic mass is 19.1. The van der Waals surface area contributed by atoms with Crippen molar-refractivity contribution in [2.24, 2.45) is 5.92 Å². The number of halogens is 3. The summed E-state index contributed by atoms with van der Waals surface area (Å²) in [6.45, 7) is 0.0397. The number of anilines is 2. The second-order valence-corrected chi connectivity index (χ2v) is 6.67. The van der Waals surface area contributed by atoms with Crippen LogP contribution in [0.3, 0.4) is 0 Å². The van der Waals surface area contributed by atoms with E-state index in [4.69, 9.17) is 0 Å². The fourth-order valence-corrected chi connectivity index (χ4v) is 3.26. The Morgan fingerprint density at radius 3 is 2.55 bits per heavy atom. The molecule has 2 heterocycles. The van der Waals surface area contributed by atoms with Gasteiger partial charge in [0.25, 0.3) is 0 Å². The van der Waals surface area contributed by atoms with Crippen LogP contribution in [0.4, 0.5) is 24.7 Å². The predicted molar refractivity (Wildman–Crippen MR) is 99.4 cm³/mol. The van der Waals surface area contributed by atoms with Crippen LogP contribution in [0, 0.1) is 23.4 Å². The Bertz CT molecular complexity index is 1080. The van der Waals surface area contributed by atoms with Gasteiger partial charge in [0.1, 0.15) is 17.5 Å². The first-order valence-electron chi connectivity index (χ1n) is 8.78. The molecule has 0 spiro atoms. The van der Waals surface area contributed by atoms with Crippen molar-refractivity contribution in [3.8, 4) is 11.3 Å². The van der Waals surface area contributed by atoms with E-state index in [1.807, 2.05) is 0 Å². The molecule has 3 aromatic rings. The molecule has 1 aliphatic rings. The zero-order valence-electron chi connectivity index (χ0n) is 15.0. The standard InChI is InChI=1S/C20H15F3N4O2/c21-13-5-11(6-14(22)8-13)16-9-18(26-25-16)24-20(29)12-7-19(28)27(10-12)17-4-2-1-3-15(17)23/h1-6,8-9,12H,7,10H2,(H2,24,25,26,29). The highest BCUT2D eigenvalue weighted by Crippen LogP contribution is 2.28. The Kier molecular flexibility index (Phi) is 4.79. The molecule has 6 nitrogen and oxygen atoms in total. The van der Waals surface area contributed by atoms with Gasteiger partial charge in [0.05, 0.1) is 17.3 Å². The first kappa shape index (κ1) is 18.7. The molecule has 2 N–H and O–H groups in total. The molecule has 1 atom stereocenters. The molecule has 0 radical (unpaired) electrons. The Labute approximate surface area is 163 Å². The van der Waals surface area contributed by atoms with Gasteiger partial charge in [-0.1, -0.05) is 12.1 Å². The average Bonchev–Trinajstić information content (AvgIpc) is 3.28. The van der Waals surface area contributed by atoms with E-state index in [1.54, 1.807) is 6.07 Å². The van der Waals surface area contributed by atoms with Gasteiger partial charge in [0.2, 0.25) is 11.8 Å². The number of nitrogens with one attached hydrogen (secondary N) is 2. The Balaban J connectivity index is 1.46. The smallest absolute Gasteiger partial charge is 0.231 e. The number of carbonyl (C=O) groups excluding carboxylic acids is 2. The minimum Gasteiger partial charge on any atom is -0.309 e. The Hall–Kier alpha value is -3.62. The summed E-state index contributed by atoms with van der Waals surface area (Å²) < 4.78 is 40.7. The molecule has 1 aromatic heterocycles. The number of aromatic amines is 1. The van der Waals surface area contributed by atoms with Crippen LogP contribution in [-0.2, 0) is 9.59 Å². The van der Waals surface area contributed by atoms with Gasteiger partial charge in [-0.15, -0.1) is 0 Å². The largest absolute Gasteiger partial charge is 0.309 e. The van der Waals surface area contributed by atoms with Crippen LogP contribution in [0.2, 0.25) is 0 Å². The van der Waals surface area contributed by atoms with Crippen molar-refractivity contribution in [2.45, 2.75) is 6.42 Å². The molecule has 1 unspecified atom stereocenters. The molecule has 2 amide bonds. The number of hydrogen-bond donors (Lipinski definition) is 2. The van der Waals surface area contributed by atoms with E-state index in [-0.39, 0.29) is 35.9 Å². The molecule has 0 aliphatic carbocycles. The van der Waals surface area contributed by atoms with Crippen LogP contribution in [0.25, 0.3) is 11.3 Å². The number of amides is 2. The summed E-state index contributed by atoms with van der Waals surface area (Å²) in [6, 6.07) is 10.3. The van der Waals surface area contributed by atoms with Crippen molar-refractivity contribution in [1.82, 2.24) is 10.2 Å². The molecule has 2 aromatic carbocycles. The zero-order valence-corrected chi connectivity index (χ0v) is 15.0. The van der Waals surface area contributed by atoms with Crippen LogP contribution in [0.15, 0.2) is 48.5 Å². The number of rotatable bonds is 4. The number of hydrogen-bond acceptors (Lipinski definition) is 3. The summed E-state index contributed by atoms with van der Waals surface area (Å²) in [5, 5.41) is 9.08. The summed E-state index contributed by atoms with van der Waals surface area (Å²) in [5.41, 5.74) is 0.675. The lowest BCUT2D eigenvalue weighted by molar-refractivity contribution is -0.122. The van der Waals surface area contributed by atoms with Gasteiger partial charge < -0.3 is 10.2 Å². The van der Waals surface area contributed by atoms with E-state index in [0.717, 1.165) is 18.2 Å². The van der Waals surface area contributed by atoms with Crippen molar-refractivity contribution >= 4 is 23.3 Å². The molecule has 29 heavy (non-hydrogen) atoms. The third-order valence-electron chi connectivity index (χ3n) is 4.64. The normalized spacial score (nSPS) is 16.3. The highest BCUT2D eigenvalue weighted by Gasteiger charge is 2.36. The van der Waals surface area contributed by atoms with Gasteiger partial charge in [0.15, 0.2) is 5.82 Å². The topological polar surface area (TPSA) is 78.1 Å². The molecular formula is C20H15F3N4O2. The number of nitrogens with zero attached hydrogens (tertiary/aromatic N) is 2. The lowest BCUT2D eigenvalue weighted by Gasteiger charge is -2.17. The van der Waals surface area contributed by atoms with Crippen LogP contribution in [0.1, 0.15) is 6.42 Å². The number of carbonyl (C=O) groups is 2. The molecule has 9 heteroatoms. The first-order valence-corrected chi connectivity index (χ1v) is 8.78. The van der Waals surface area contributed by atoms with Crippen LogP contribution in [-0.4, -0.2) is 28.6 Å². The maximum absolute atomic E-state index is 13.9. The molecule has 1 aliphatic heterocycles. The molecule has 4 rings (SSSR count). The average molecular weight is 400 g/mol. The van der Waals surface area contributed by atoms with E-state index in [9.17, 15) is 22.8 Å². The van der Waals surface area contributed by atoms with E-state index < -0.39 is 29.3 Å². The minimum atomic E-state index is -0.738. The number of benzene rings is 2. The molecule has 1 fully saturated rings.